The summed E-state index contributed by atoms with van der Waals surface area (Å²) in [5.41, 5.74) is 11.0. The van der Waals surface area contributed by atoms with Gasteiger partial charge in [-0.05, 0) is 65.7 Å². The zero-order chi connectivity index (χ0) is 37.6. The molecule has 0 aliphatic carbocycles. The topological polar surface area (TPSA) is 220 Å². The van der Waals surface area contributed by atoms with Gasteiger partial charge in [0.15, 0.2) is 0 Å². The summed E-state index contributed by atoms with van der Waals surface area (Å²) in [5, 5.41) is 37.1. The molecule has 0 spiro atoms. The van der Waals surface area contributed by atoms with Crippen molar-refractivity contribution in [3.8, 4) is 45.0 Å². The summed E-state index contributed by atoms with van der Waals surface area (Å²) in [5.74, 6) is -4.65. The molecule has 0 aliphatic heterocycles. The average molecular weight is 707 g/mol. The quantitative estimate of drug-likeness (QED) is 0.0977. The maximum Gasteiger partial charge on any atom is 0.317 e. The van der Waals surface area contributed by atoms with E-state index < -0.39 is 50.1 Å². The van der Waals surface area contributed by atoms with Crippen molar-refractivity contribution >= 4 is 23.9 Å². The number of benzene rings is 2. The maximum absolute atomic E-state index is 11.4. The van der Waals surface area contributed by atoms with Crippen LogP contribution in [0.2, 0.25) is 0 Å². The highest BCUT2D eigenvalue weighted by atomic mass is 16.4. The number of carbonyl (C=O) groups is 4. The number of hydrogen-bond acceptors (Lipinski definition) is 10. The maximum atomic E-state index is 11.4. The van der Waals surface area contributed by atoms with Crippen LogP contribution in [0.4, 0.5) is 0 Å². The Morgan fingerprint density at radius 3 is 1.21 bits per heavy atom. The Hall–Kier alpha value is -6.35. The largest absolute Gasteiger partial charge is 0.480 e. The predicted molar refractivity (Wildman–Crippen MR) is 193 cm³/mol. The third-order valence-electron chi connectivity index (χ3n) is 7.50. The van der Waals surface area contributed by atoms with Crippen LogP contribution in [0.25, 0.3) is 45.0 Å². The summed E-state index contributed by atoms with van der Waals surface area (Å²) in [6.07, 6.45) is 0. The first-order valence-electron chi connectivity index (χ1n) is 16.0. The molecule has 268 valence electrons. The summed E-state index contributed by atoms with van der Waals surface area (Å²) < 4.78 is 0. The zero-order valence-corrected chi connectivity index (χ0v) is 28.3. The van der Waals surface area contributed by atoms with Crippen LogP contribution in [0, 0.1) is 0 Å². The smallest absolute Gasteiger partial charge is 0.317 e. The summed E-state index contributed by atoms with van der Waals surface area (Å²) in [4.78, 5) is 62.3. The molecule has 0 radical (unpaired) electrons. The Kier molecular flexibility index (Phi) is 13.7. The van der Waals surface area contributed by atoms with Crippen LogP contribution in [0.1, 0.15) is 11.4 Å². The zero-order valence-electron chi connectivity index (χ0n) is 28.3. The SMILES string of the molecule is CN.O=C(O)CN(CC(=O)O)Cc1cccc(-c2cc(-c3ccc(-c4ccccc4)cc3)cc(-c3cccc(CN(CC(=O)O)CC(=O)O)n3)n2)n1. The molecule has 14 nitrogen and oxygen atoms in total. The average Bonchev–Trinajstić information content (AvgIpc) is 3.12. The van der Waals surface area contributed by atoms with Crippen molar-refractivity contribution in [2.45, 2.75) is 13.1 Å². The first-order valence-corrected chi connectivity index (χ1v) is 16.0. The van der Waals surface area contributed by atoms with Gasteiger partial charge in [0.1, 0.15) is 0 Å². The summed E-state index contributed by atoms with van der Waals surface area (Å²) in [6.45, 7) is -1.96. The number of carboxylic acid groups (broad SMARTS) is 4. The Morgan fingerprint density at radius 2 is 0.827 bits per heavy atom. The number of hydrogen-bond donors (Lipinski definition) is 5. The third-order valence-corrected chi connectivity index (χ3v) is 7.50. The summed E-state index contributed by atoms with van der Waals surface area (Å²) in [6, 6.07) is 32.0. The standard InChI is InChI=1S/C37H33N5O8.CH5N/c43-34(44)20-41(21-35(45)46)18-28-8-4-10-30(38-28)32-16-27(26-14-12-25(13-15-26)24-6-2-1-3-7-24)17-33(40-32)31-11-5-9-29(39-31)19-42(22-36(47)48)23-37(49)50;1-2/h1-17H,18-23H2,(H,43,44)(H,45,46)(H,47,48)(H,49,50);2H2,1H3. The molecule has 52 heavy (non-hydrogen) atoms. The minimum Gasteiger partial charge on any atom is -0.480 e. The molecule has 6 N–H and O–H groups in total. The molecule has 0 atom stereocenters. The number of pyridine rings is 3. The van der Waals surface area contributed by atoms with Crippen molar-refractivity contribution in [1.29, 1.82) is 0 Å². The van der Waals surface area contributed by atoms with Crippen molar-refractivity contribution in [1.82, 2.24) is 24.8 Å². The molecule has 3 heterocycles. The van der Waals surface area contributed by atoms with Crippen LogP contribution < -0.4 is 5.73 Å². The molecule has 0 fully saturated rings. The Balaban J connectivity index is 0.00000297. The van der Waals surface area contributed by atoms with E-state index in [2.05, 4.69) is 5.73 Å². The van der Waals surface area contributed by atoms with Crippen LogP contribution in [0.15, 0.2) is 103 Å². The van der Waals surface area contributed by atoms with E-state index in [1.165, 1.54) is 16.8 Å². The lowest BCUT2D eigenvalue weighted by atomic mass is 9.99. The van der Waals surface area contributed by atoms with Gasteiger partial charge in [-0.1, -0.05) is 66.7 Å². The third kappa shape index (κ3) is 11.3. The molecule has 5 rings (SSSR count). The second-order valence-electron chi connectivity index (χ2n) is 11.5. The minimum absolute atomic E-state index is 0.0211. The van der Waals surface area contributed by atoms with E-state index >= 15 is 0 Å². The highest BCUT2D eigenvalue weighted by molar-refractivity contribution is 5.77. The van der Waals surface area contributed by atoms with Gasteiger partial charge in [-0.25, -0.2) is 15.0 Å². The van der Waals surface area contributed by atoms with Crippen molar-refractivity contribution in [2.24, 2.45) is 5.73 Å². The highest BCUT2D eigenvalue weighted by Crippen LogP contribution is 2.31. The van der Waals surface area contributed by atoms with Crippen molar-refractivity contribution in [3.63, 3.8) is 0 Å². The van der Waals surface area contributed by atoms with Gasteiger partial charge in [-0.3, -0.25) is 29.0 Å². The van der Waals surface area contributed by atoms with Crippen LogP contribution in [0.5, 0.6) is 0 Å². The second kappa shape index (κ2) is 18.6. The first-order chi connectivity index (χ1) is 25.0. The monoisotopic (exact) mass is 706 g/mol. The molecule has 2 aromatic carbocycles. The van der Waals surface area contributed by atoms with Gasteiger partial charge in [0.2, 0.25) is 0 Å². The van der Waals surface area contributed by atoms with E-state index in [4.69, 9.17) is 15.0 Å². The molecule has 0 aliphatic rings. The predicted octanol–water partition coefficient (Wildman–Crippen LogP) is 4.06. The number of aliphatic carboxylic acids is 4. The Morgan fingerprint density at radius 1 is 0.462 bits per heavy atom. The lowest BCUT2D eigenvalue weighted by Gasteiger charge is -2.18. The van der Waals surface area contributed by atoms with Gasteiger partial charge in [-0.2, -0.15) is 0 Å². The van der Waals surface area contributed by atoms with E-state index in [0.29, 0.717) is 34.2 Å². The van der Waals surface area contributed by atoms with Crippen LogP contribution in [-0.4, -0.2) is 102 Å². The lowest BCUT2D eigenvalue weighted by molar-refractivity contribution is -0.144. The summed E-state index contributed by atoms with van der Waals surface area (Å²) >= 11 is 0. The molecular formula is C38H38N6O8. The van der Waals surface area contributed by atoms with Gasteiger partial charge >= 0.3 is 23.9 Å². The molecule has 0 saturated carbocycles. The van der Waals surface area contributed by atoms with Crippen LogP contribution in [-0.2, 0) is 32.3 Å². The van der Waals surface area contributed by atoms with Gasteiger partial charge in [0.05, 0.1) is 60.3 Å². The number of aromatic nitrogens is 3. The lowest BCUT2D eigenvalue weighted by Crippen LogP contribution is -2.34. The van der Waals surface area contributed by atoms with Gasteiger partial charge in [-0.15, -0.1) is 0 Å². The second-order valence-corrected chi connectivity index (χ2v) is 11.5. The van der Waals surface area contributed by atoms with E-state index in [0.717, 1.165) is 22.3 Å². The number of rotatable bonds is 16. The molecule has 0 bridgehead atoms. The molecular weight excluding hydrogens is 668 g/mol. The van der Waals surface area contributed by atoms with E-state index in [-0.39, 0.29) is 13.1 Å². The summed E-state index contributed by atoms with van der Waals surface area (Å²) in [7, 11) is 1.50. The fourth-order valence-corrected chi connectivity index (χ4v) is 5.42. The van der Waals surface area contributed by atoms with E-state index in [9.17, 15) is 39.6 Å². The fourth-order valence-electron chi connectivity index (χ4n) is 5.42. The van der Waals surface area contributed by atoms with E-state index in [1.807, 2.05) is 66.7 Å². The van der Waals surface area contributed by atoms with Crippen molar-refractivity contribution < 1.29 is 39.6 Å². The Bertz CT molecular complexity index is 1880. The fraction of sp³-hybridized carbons (Fsp3) is 0.184. The van der Waals surface area contributed by atoms with E-state index in [1.54, 1.807) is 36.4 Å². The van der Waals surface area contributed by atoms with Gasteiger partial charge in [0, 0.05) is 13.1 Å². The van der Waals surface area contributed by atoms with Gasteiger partial charge < -0.3 is 26.2 Å². The number of carboxylic acids is 4. The minimum atomic E-state index is -1.16. The molecule has 0 amide bonds. The normalized spacial score (nSPS) is 10.8. The molecule has 3 aromatic heterocycles. The van der Waals surface area contributed by atoms with Crippen LogP contribution >= 0.6 is 0 Å². The van der Waals surface area contributed by atoms with Crippen molar-refractivity contribution in [3.05, 3.63) is 115 Å². The first kappa shape index (κ1) is 38.5. The van der Waals surface area contributed by atoms with Crippen molar-refractivity contribution in [2.75, 3.05) is 33.2 Å². The number of nitrogens with zero attached hydrogens (tertiary/aromatic N) is 5. The van der Waals surface area contributed by atoms with Crippen LogP contribution in [0.3, 0.4) is 0 Å². The van der Waals surface area contributed by atoms with Gasteiger partial charge in [0.25, 0.3) is 0 Å². The molecule has 14 heteroatoms. The molecule has 5 aromatic rings. The Labute approximate surface area is 299 Å². The number of nitrogens with two attached hydrogens (primary N) is 1. The molecule has 0 saturated heterocycles. The molecule has 0 unspecified atom stereocenters. The highest BCUT2D eigenvalue weighted by Gasteiger charge is 2.18.